The van der Waals surface area contributed by atoms with Crippen LogP contribution in [-0.2, 0) is 0 Å². The van der Waals surface area contributed by atoms with E-state index < -0.39 is 23.0 Å². The number of carbonyl (C=O) groups is 1. The van der Waals surface area contributed by atoms with Gasteiger partial charge in [0.1, 0.15) is 5.56 Å². The van der Waals surface area contributed by atoms with E-state index in [9.17, 15) is 19.5 Å². The van der Waals surface area contributed by atoms with Crippen LogP contribution in [0.15, 0.2) is 45.0 Å². The second-order valence-electron chi connectivity index (χ2n) is 3.74. The third-order valence-corrected chi connectivity index (χ3v) is 2.35. The maximum atomic E-state index is 11.6. The van der Waals surface area contributed by atoms with Crippen molar-refractivity contribution in [2.75, 3.05) is 0 Å². The summed E-state index contributed by atoms with van der Waals surface area (Å²) >= 11 is 0. The number of nitrogens with one attached hydrogen (secondary N) is 3. The molecule has 0 unspecified atom stereocenters. The molecule has 0 radical (unpaired) electrons. The Kier molecular flexibility index (Phi) is 3.75. The molecule has 1 amide bonds. The largest absolute Gasteiger partial charge is 0.494 e. The van der Waals surface area contributed by atoms with Crippen LogP contribution in [0.3, 0.4) is 0 Å². The van der Waals surface area contributed by atoms with Crippen LogP contribution in [0.5, 0.6) is 5.88 Å². The highest BCUT2D eigenvalue weighted by molar-refractivity contribution is 5.94. The standard InChI is InChI=1S/C12H10N4O4/c17-9(7-4-2-1-3-5-7)16-13-6-8-10(18)14-12(20)15-11(8)19/h1-6H,(H,16,17)(H3,14,15,18,19,20)/b13-6+. The Bertz CT molecular complexity index is 761. The van der Waals surface area contributed by atoms with E-state index in [4.69, 9.17) is 0 Å². The van der Waals surface area contributed by atoms with Crippen LogP contribution in [0.25, 0.3) is 0 Å². The van der Waals surface area contributed by atoms with Gasteiger partial charge in [0, 0.05) is 5.56 Å². The molecule has 2 rings (SSSR count). The van der Waals surface area contributed by atoms with Crippen LogP contribution >= 0.6 is 0 Å². The average molecular weight is 274 g/mol. The van der Waals surface area contributed by atoms with Crippen LogP contribution in [0.2, 0.25) is 0 Å². The van der Waals surface area contributed by atoms with E-state index in [1.807, 2.05) is 9.97 Å². The maximum absolute atomic E-state index is 11.6. The van der Waals surface area contributed by atoms with Gasteiger partial charge >= 0.3 is 5.69 Å². The number of aromatic hydroxyl groups is 1. The Morgan fingerprint density at radius 3 is 2.55 bits per heavy atom. The van der Waals surface area contributed by atoms with E-state index in [0.29, 0.717) is 5.56 Å². The fourth-order valence-corrected chi connectivity index (χ4v) is 1.41. The van der Waals surface area contributed by atoms with E-state index in [1.165, 1.54) is 0 Å². The first kappa shape index (κ1) is 13.3. The minimum absolute atomic E-state index is 0.266. The van der Waals surface area contributed by atoms with Crippen LogP contribution in [-0.4, -0.2) is 27.2 Å². The minimum atomic E-state index is -0.835. The molecule has 0 aliphatic heterocycles. The van der Waals surface area contributed by atoms with Crippen molar-refractivity contribution in [1.82, 2.24) is 15.4 Å². The maximum Gasteiger partial charge on any atom is 0.328 e. The third-order valence-electron chi connectivity index (χ3n) is 2.35. The zero-order chi connectivity index (χ0) is 14.5. The van der Waals surface area contributed by atoms with Gasteiger partial charge in [0.25, 0.3) is 11.5 Å². The second kappa shape index (κ2) is 5.65. The molecule has 0 aliphatic rings. The summed E-state index contributed by atoms with van der Waals surface area (Å²) in [5.41, 5.74) is 0.667. The number of H-pyrrole nitrogens is 2. The number of hydrogen-bond donors (Lipinski definition) is 4. The topological polar surface area (TPSA) is 127 Å². The summed E-state index contributed by atoms with van der Waals surface area (Å²) in [5, 5.41) is 12.9. The first-order valence-electron chi connectivity index (χ1n) is 5.52. The molecule has 102 valence electrons. The van der Waals surface area contributed by atoms with E-state index in [1.54, 1.807) is 30.3 Å². The highest BCUT2D eigenvalue weighted by Crippen LogP contribution is 2.01. The van der Waals surface area contributed by atoms with Gasteiger partial charge in [0.15, 0.2) is 0 Å². The Labute approximate surface area is 111 Å². The molecule has 0 saturated carbocycles. The van der Waals surface area contributed by atoms with Gasteiger partial charge in [-0.15, -0.1) is 0 Å². The Morgan fingerprint density at radius 1 is 1.20 bits per heavy atom. The van der Waals surface area contributed by atoms with Crippen LogP contribution in [0.1, 0.15) is 15.9 Å². The number of carbonyl (C=O) groups excluding carboxylic acids is 1. The molecule has 1 heterocycles. The predicted octanol–water partition coefficient (Wildman–Crippen LogP) is -0.467. The lowest BCUT2D eigenvalue weighted by molar-refractivity contribution is 0.0955. The number of hydrogen-bond acceptors (Lipinski definition) is 5. The monoisotopic (exact) mass is 274 g/mol. The summed E-state index contributed by atoms with van der Waals surface area (Å²) in [4.78, 5) is 37.7. The van der Waals surface area contributed by atoms with E-state index >= 15 is 0 Å². The van der Waals surface area contributed by atoms with Crippen molar-refractivity contribution < 1.29 is 9.90 Å². The van der Waals surface area contributed by atoms with Gasteiger partial charge in [-0.05, 0) is 12.1 Å². The van der Waals surface area contributed by atoms with Gasteiger partial charge in [0.05, 0.1) is 6.21 Å². The van der Waals surface area contributed by atoms with E-state index in [2.05, 4.69) is 10.5 Å². The van der Waals surface area contributed by atoms with Crippen molar-refractivity contribution in [2.45, 2.75) is 0 Å². The molecular weight excluding hydrogens is 264 g/mol. The number of hydrazone groups is 1. The second-order valence-corrected chi connectivity index (χ2v) is 3.74. The Balaban J connectivity index is 2.14. The van der Waals surface area contributed by atoms with Crippen molar-refractivity contribution in [3.8, 4) is 5.88 Å². The quantitative estimate of drug-likeness (QED) is 0.445. The van der Waals surface area contributed by atoms with Gasteiger partial charge in [-0.25, -0.2) is 10.2 Å². The zero-order valence-corrected chi connectivity index (χ0v) is 10.1. The molecule has 8 heteroatoms. The molecule has 4 N–H and O–H groups in total. The van der Waals surface area contributed by atoms with Gasteiger partial charge in [-0.3, -0.25) is 19.6 Å². The average Bonchev–Trinajstić information content (AvgIpc) is 2.42. The summed E-state index contributed by atoms with van der Waals surface area (Å²) in [5.74, 6) is -1.10. The molecule has 0 saturated heterocycles. The summed E-state index contributed by atoms with van der Waals surface area (Å²) in [6.45, 7) is 0. The third kappa shape index (κ3) is 2.99. The lowest BCUT2D eigenvalue weighted by Crippen LogP contribution is -2.25. The van der Waals surface area contributed by atoms with Crippen LogP contribution < -0.4 is 16.7 Å². The van der Waals surface area contributed by atoms with Crippen molar-refractivity contribution in [3.05, 3.63) is 62.3 Å². The molecule has 0 atom stereocenters. The molecule has 8 nitrogen and oxygen atoms in total. The molecule has 0 bridgehead atoms. The number of aromatic amines is 2. The highest BCUT2D eigenvalue weighted by atomic mass is 16.3. The highest BCUT2D eigenvalue weighted by Gasteiger charge is 2.06. The SMILES string of the molecule is O=C(N/N=C/c1c(O)[nH]c(=O)[nH]c1=O)c1ccccc1. The number of aromatic nitrogens is 2. The van der Waals surface area contributed by atoms with Gasteiger partial charge in [-0.2, -0.15) is 5.10 Å². The van der Waals surface area contributed by atoms with Crippen molar-refractivity contribution in [3.63, 3.8) is 0 Å². The van der Waals surface area contributed by atoms with Gasteiger partial charge in [-0.1, -0.05) is 18.2 Å². The molecule has 0 aliphatic carbocycles. The molecule has 0 fully saturated rings. The molecule has 20 heavy (non-hydrogen) atoms. The first-order valence-corrected chi connectivity index (χ1v) is 5.52. The predicted molar refractivity (Wildman–Crippen MR) is 70.9 cm³/mol. The lowest BCUT2D eigenvalue weighted by atomic mass is 10.2. The fraction of sp³-hybridized carbons (Fsp3) is 0. The van der Waals surface area contributed by atoms with Gasteiger partial charge < -0.3 is 5.11 Å². The number of nitrogens with zero attached hydrogens (tertiary/aromatic N) is 1. The number of benzene rings is 1. The first-order chi connectivity index (χ1) is 9.58. The summed E-state index contributed by atoms with van der Waals surface area (Å²) in [6.07, 6.45) is 0.935. The van der Waals surface area contributed by atoms with Crippen molar-refractivity contribution in [2.24, 2.45) is 5.10 Å². The van der Waals surface area contributed by atoms with Crippen LogP contribution in [0, 0.1) is 0 Å². The lowest BCUT2D eigenvalue weighted by Gasteiger charge is -1.99. The van der Waals surface area contributed by atoms with Crippen molar-refractivity contribution in [1.29, 1.82) is 0 Å². The Morgan fingerprint density at radius 2 is 1.90 bits per heavy atom. The Hall–Kier alpha value is -3.16. The zero-order valence-electron chi connectivity index (χ0n) is 10.1. The molecule has 1 aromatic heterocycles. The molecule has 2 aromatic rings. The smallest absolute Gasteiger partial charge is 0.328 e. The van der Waals surface area contributed by atoms with Gasteiger partial charge in [0.2, 0.25) is 5.88 Å². The number of amides is 1. The van der Waals surface area contributed by atoms with E-state index in [0.717, 1.165) is 6.21 Å². The number of rotatable bonds is 3. The fourth-order valence-electron chi connectivity index (χ4n) is 1.41. The summed E-state index contributed by atoms with van der Waals surface area (Å²) < 4.78 is 0. The normalized spacial score (nSPS) is 10.6. The van der Waals surface area contributed by atoms with E-state index in [-0.39, 0.29) is 5.56 Å². The van der Waals surface area contributed by atoms with Crippen LogP contribution in [0.4, 0.5) is 0 Å². The summed E-state index contributed by atoms with van der Waals surface area (Å²) in [6, 6.07) is 8.33. The molecular formula is C12H10N4O4. The molecule has 0 spiro atoms. The van der Waals surface area contributed by atoms with Crippen molar-refractivity contribution >= 4 is 12.1 Å². The summed E-state index contributed by atoms with van der Waals surface area (Å²) in [7, 11) is 0. The minimum Gasteiger partial charge on any atom is -0.494 e. The molecule has 1 aromatic carbocycles.